The fourth-order valence-corrected chi connectivity index (χ4v) is 2.45. The second-order valence-corrected chi connectivity index (χ2v) is 6.39. The molecule has 0 spiro atoms. The number of hydrogen-bond acceptors (Lipinski definition) is 2. The van der Waals surface area contributed by atoms with E-state index in [1.54, 1.807) is 0 Å². The minimum absolute atomic E-state index is 0.403. The van der Waals surface area contributed by atoms with E-state index in [4.69, 9.17) is 4.98 Å². The summed E-state index contributed by atoms with van der Waals surface area (Å²) in [4.78, 5) is 4.69. The first-order valence-corrected chi connectivity index (χ1v) is 6.73. The van der Waals surface area contributed by atoms with Crippen LogP contribution in [0.1, 0.15) is 57.6 Å². The third-order valence-electron chi connectivity index (χ3n) is 3.39. The van der Waals surface area contributed by atoms with E-state index in [9.17, 15) is 0 Å². The van der Waals surface area contributed by atoms with Crippen molar-refractivity contribution in [3.05, 3.63) is 17.7 Å². The molecular formula is C14H25N3. The van der Waals surface area contributed by atoms with Crippen molar-refractivity contribution in [2.45, 2.75) is 59.5 Å². The first kappa shape index (κ1) is 12.6. The van der Waals surface area contributed by atoms with Crippen LogP contribution in [0.5, 0.6) is 0 Å². The summed E-state index contributed by atoms with van der Waals surface area (Å²) < 4.78 is 2.34. The number of nitrogens with zero attached hydrogens (tertiary/aromatic N) is 2. The largest absolute Gasteiger partial charge is 0.333 e. The Morgan fingerprint density at radius 1 is 1.47 bits per heavy atom. The van der Waals surface area contributed by atoms with Gasteiger partial charge in [-0.1, -0.05) is 20.8 Å². The van der Waals surface area contributed by atoms with E-state index in [0.29, 0.717) is 11.5 Å². The summed E-state index contributed by atoms with van der Waals surface area (Å²) in [5.41, 5.74) is 1.55. The van der Waals surface area contributed by atoms with Crippen LogP contribution in [0.25, 0.3) is 0 Å². The van der Waals surface area contributed by atoms with Crippen LogP contribution in [0.3, 0.4) is 0 Å². The molecule has 1 aliphatic heterocycles. The Bertz CT molecular complexity index is 373. The SMILES string of the molecule is Cc1cn2c(n1)C(CCC(C)(C)C)NCCC2. The second kappa shape index (κ2) is 4.81. The maximum Gasteiger partial charge on any atom is 0.126 e. The molecule has 0 bridgehead atoms. The van der Waals surface area contributed by atoms with E-state index in [2.05, 4.69) is 43.8 Å². The van der Waals surface area contributed by atoms with Gasteiger partial charge in [-0.25, -0.2) is 4.98 Å². The summed E-state index contributed by atoms with van der Waals surface area (Å²) in [6.45, 7) is 11.2. The zero-order chi connectivity index (χ0) is 12.5. The summed E-state index contributed by atoms with van der Waals surface area (Å²) in [5.74, 6) is 1.24. The van der Waals surface area contributed by atoms with Crippen LogP contribution in [0.15, 0.2) is 6.20 Å². The van der Waals surface area contributed by atoms with Gasteiger partial charge in [-0.3, -0.25) is 0 Å². The smallest absolute Gasteiger partial charge is 0.126 e. The minimum Gasteiger partial charge on any atom is -0.333 e. The molecule has 2 heterocycles. The summed E-state index contributed by atoms with van der Waals surface area (Å²) in [5, 5.41) is 3.64. The number of rotatable bonds is 2. The van der Waals surface area contributed by atoms with Gasteiger partial charge in [-0.2, -0.15) is 0 Å². The first-order chi connectivity index (χ1) is 7.96. The fraction of sp³-hybridized carbons (Fsp3) is 0.786. The molecule has 17 heavy (non-hydrogen) atoms. The zero-order valence-electron chi connectivity index (χ0n) is 11.6. The monoisotopic (exact) mass is 235 g/mol. The summed E-state index contributed by atoms with van der Waals surface area (Å²) >= 11 is 0. The quantitative estimate of drug-likeness (QED) is 0.854. The Labute approximate surface area is 105 Å². The Morgan fingerprint density at radius 2 is 2.24 bits per heavy atom. The zero-order valence-corrected chi connectivity index (χ0v) is 11.6. The lowest BCUT2D eigenvalue weighted by molar-refractivity contribution is 0.329. The van der Waals surface area contributed by atoms with Crippen molar-refractivity contribution in [1.29, 1.82) is 0 Å². The Balaban J connectivity index is 2.11. The fourth-order valence-electron chi connectivity index (χ4n) is 2.45. The minimum atomic E-state index is 0.403. The average molecular weight is 235 g/mol. The van der Waals surface area contributed by atoms with Gasteiger partial charge >= 0.3 is 0 Å². The Kier molecular flexibility index (Phi) is 3.57. The molecule has 1 aromatic heterocycles. The highest BCUT2D eigenvalue weighted by molar-refractivity contribution is 5.07. The van der Waals surface area contributed by atoms with Crippen LogP contribution in [-0.4, -0.2) is 16.1 Å². The van der Waals surface area contributed by atoms with Gasteiger partial charge in [-0.15, -0.1) is 0 Å². The van der Waals surface area contributed by atoms with Gasteiger partial charge in [-0.05, 0) is 38.1 Å². The molecule has 0 aliphatic carbocycles. The van der Waals surface area contributed by atoms with Gasteiger partial charge in [0.15, 0.2) is 0 Å². The lowest BCUT2D eigenvalue weighted by Gasteiger charge is -2.22. The van der Waals surface area contributed by atoms with Crippen molar-refractivity contribution in [3.63, 3.8) is 0 Å². The van der Waals surface area contributed by atoms with Crippen molar-refractivity contribution in [2.75, 3.05) is 6.54 Å². The molecule has 0 saturated carbocycles. The molecule has 1 aromatic rings. The predicted molar refractivity (Wildman–Crippen MR) is 71.0 cm³/mol. The van der Waals surface area contributed by atoms with Gasteiger partial charge in [0.2, 0.25) is 0 Å². The predicted octanol–water partition coefficient (Wildman–Crippen LogP) is 3.05. The van der Waals surface area contributed by atoms with Gasteiger partial charge in [0.1, 0.15) is 5.82 Å². The van der Waals surface area contributed by atoms with Crippen LogP contribution in [0.2, 0.25) is 0 Å². The molecule has 3 heteroatoms. The lowest BCUT2D eigenvalue weighted by atomic mass is 9.88. The van der Waals surface area contributed by atoms with Crippen molar-refractivity contribution in [2.24, 2.45) is 5.41 Å². The molecule has 1 atom stereocenters. The molecule has 0 aromatic carbocycles. The van der Waals surface area contributed by atoms with Gasteiger partial charge in [0.05, 0.1) is 11.7 Å². The molecule has 3 nitrogen and oxygen atoms in total. The van der Waals surface area contributed by atoms with E-state index in [1.165, 1.54) is 25.1 Å². The number of nitrogens with one attached hydrogen (secondary N) is 1. The average Bonchev–Trinajstić information content (AvgIpc) is 2.47. The van der Waals surface area contributed by atoms with Gasteiger partial charge in [0, 0.05) is 12.7 Å². The molecule has 1 N–H and O–H groups in total. The van der Waals surface area contributed by atoms with Crippen molar-refractivity contribution in [1.82, 2.24) is 14.9 Å². The van der Waals surface area contributed by atoms with Crippen LogP contribution < -0.4 is 5.32 Å². The molecule has 2 rings (SSSR count). The van der Waals surface area contributed by atoms with Crippen LogP contribution in [-0.2, 0) is 6.54 Å². The number of aryl methyl sites for hydroxylation is 2. The van der Waals surface area contributed by atoms with Gasteiger partial charge < -0.3 is 9.88 Å². The molecule has 0 saturated heterocycles. The highest BCUT2D eigenvalue weighted by Gasteiger charge is 2.22. The van der Waals surface area contributed by atoms with E-state index in [1.807, 2.05) is 0 Å². The van der Waals surface area contributed by atoms with Crippen molar-refractivity contribution >= 4 is 0 Å². The van der Waals surface area contributed by atoms with E-state index < -0.39 is 0 Å². The highest BCUT2D eigenvalue weighted by atomic mass is 15.1. The van der Waals surface area contributed by atoms with Crippen molar-refractivity contribution < 1.29 is 0 Å². The number of hydrogen-bond donors (Lipinski definition) is 1. The molecule has 0 fully saturated rings. The number of aromatic nitrogens is 2. The topological polar surface area (TPSA) is 29.9 Å². The maximum absolute atomic E-state index is 4.69. The third kappa shape index (κ3) is 3.32. The number of fused-ring (bicyclic) bond motifs is 1. The van der Waals surface area contributed by atoms with Crippen LogP contribution in [0.4, 0.5) is 0 Å². The van der Waals surface area contributed by atoms with E-state index in [-0.39, 0.29) is 0 Å². The summed E-state index contributed by atoms with van der Waals surface area (Å²) in [7, 11) is 0. The van der Waals surface area contributed by atoms with Crippen molar-refractivity contribution in [3.8, 4) is 0 Å². The summed E-state index contributed by atoms with van der Waals surface area (Å²) in [6.07, 6.45) is 5.80. The Hall–Kier alpha value is -0.830. The molecule has 0 amide bonds. The first-order valence-electron chi connectivity index (χ1n) is 6.73. The molecular weight excluding hydrogens is 210 g/mol. The molecule has 0 radical (unpaired) electrons. The molecule has 96 valence electrons. The Morgan fingerprint density at radius 3 is 2.94 bits per heavy atom. The van der Waals surface area contributed by atoms with Gasteiger partial charge in [0.25, 0.3) is 0 Å². The standard InChI is InChI=1S/C14H25N3/c1-11-10-17-9-5-8-15-12(13(17)16-11)6-7-14(2,3)4/h10,12,15H,5-9H2,1-4H3. The summed E-state index contributed by atoms with van der Waals surface area (Å²) in [6, 6.07) is 0.436. The highest BCUT2D eigenvalue weighted by Crippen LogP contribution is 2.28. The maximum atomic E-state index is 4.69. The lowest BCUT2D eigenvalue weighted by Crippen LogP contribution is -2.23. The van der Waals surface area contributed by atoms with Crippen LogP contribution >= 0.6 is 0 Å². The third-order valence-corrected chi connectivity index (χ3v) is 3.39. The molecule has 1 unspecified atom stereocenters. The second-order valence-electron chi connectivity index (χ2n) is 6.39. The molecule has 1 aliphatic rings. The van der Waals surface area contributed by atoms with E-state index in [0.717, 1.165) is 18.8 Å². The normalized spacial score (nSPS) is 21.1. The van der Waals surface area contributed by atoms with Crippen LogP contribution in [0, 0.1) is 12.3 Å². The number of imidazole rings is 1. The van der Waals surface area contributed by atoms with E-state index >= 15 is 0 Å².